The van der Waals surface area contributed by atoms with Crippen LogP contribution in [0.15, 0.2) is 30.5 Å². The molecule has 3 heterocycles. The highest BCUT2D eigenvalue weighted by Gasteiger charge is 2.25. The number of rotatable bonds is 5. The maximum Gasteiger partial charge on any atom is 0.343 e. The van der Waals surface area contributed by atoms with Gasteiger partial charge in [0.15, 0.2) is 5.82 Å². The van der Waals surface area contributed by atoms with Crippen LogP contribution in [-0.4, -0.2) is 58.6 Å². The number of esters is 1. The van der Waals surface area contributed by atoms with Crippen molar-refractivity contribution in [1.82, 2.24) is 19.7 Å². The molecule has 0 unspecified atom stereocenters. The zero-order chi connectivity index (χ0) is 22.7. The third-order valence-corrected chi connectivity index (χ3v) is 4.91. The summed E-state index contributed by atoms with van der Waals surface area (Å²) in [7, 11) is 0. The van der Waals surface area contributed by atoms with Gasteiger partial charge in [0.2, 0.25) is 0 Å². The molecule has 0 radical (unpaired) electrons. The van der Waals surface area contributed by atoms with E-state index >= 15 is 0 Å². The number of nitrogens with zero attached hydrogens (tertiary/aromatic N) is 6. The van der Waals surface area contributed by atoms with Gasteiger partial charge in [-0.05, 0) is 31.2 Å². The SMILES string of the molecule is CCOC(=O)c1cnn(-c2nc(-c3ccc(F)cc3)c(C#N)c(N3CCOCC3)n2)c1N. The van der Waals surface area contributed by atoms with Crippen LogP contribution in [0.2, 0.25) is 0 Å². The number of halogens is 1. The van der Waals surface area contributed by atoms with Gasteiger partial charge in [-0.15, -0.1) is 0 Å². The molecule has 164 valence electrons. The minimum atomic E-state index is -0.614. The van der Waals surface area contributed by atoms with E-state index in [0.29, 0.717) is 43.4 Å². The molecule has 1 aliphatic rings. The lowest BCUT2D eigenvalue weighted by molar-refractivity contribution is 0.0527. The molecule has 0 bridgehead atoms. The van der Waals surface area contributed by atoms with Crippen LogP contribution in [0.3, 0.4) is 0 Å². The first-order valence-corrected chi connectivity index (χ1v) is 9.95. The number of nitriles is 1. The van der Waals surface area contributed by atoms with Gasteiger partial charge in [-0.3, -0.25) is 0 Å². The molecule has 0 amide bonds. The predicted molar refractivity (Wildman–Crippen MR) is 113 cm³/mol. The summed E-state index contributed by atoms with van der Waals surface area (Å²) >= 11 is 0. The number of morpholine rings is 1. The van der Waals surface area contributed by atoms with Gasteiger partial charge in [0.1, 0.15) is 28.8 Å². The number of nitrogen functional groups attached to an aromatic ring is 1. The maximum absolute atomic E-state index is 13.5. The second-order valence-corrected chi connectivity index (χ2v) is 6.86. The van der Waals surface area contributed by atoms with E-state index in [4.69, 9.17) is 15.2 Å². The monoisotopic (exact) mass is 437 g/mol. The second-order valence-electron chi connectivity index (χ2n) is 6.86. The van der Waals surface area contributed by atoms with Crippen molar-refractivity contribution in [3.05, 3.63) is 47.4 Å². The molecule has 0 aliphatic carbocycles. The molecule has 0 spiro atoms. The van der Waals surface area contributed by atoms with Gasteiger partial charge in [-0.25, -0.2) is 14.2 Å². The van der Waals surface area contributed by atoms with Crippen LogP contribution in [-0.2, 0) is 9.47 Å². The van der Waals surface area contributed by atoms with Crippen molar-refractivity contribution >= 4 is 17.6 Å². The number of aromatic nitrogens is 4. The molecule has 10 nitrogen and oxygen atoms in total. The fourth-order valence-electron chi connectivity index (χ4n) is 3.34. The van der Waals surface area contributed by atoms with Gasteiger partial charge < -0.3 is 20.1 Å². The van der Waals surface area contributed by atoms with E-state index in [-0.39, 0.29) is 29.5 Å². The summed E-state index contributed by atoms with van der Waals surface area (Å²) in [5, 5.41) is 14.1. The number of ether oxygens (including phenoxy) is 2. The second kappa shape index (κ2) is 8.99. The van der Waals surface area contributed by atoms with E-state index in [1.807, 2.05) is 4.90 Å². The molecule has 3 aromatic rings. The van der Waals surface area contributed by atoms with Crippen LogP contribution in [0.25, 0.3) is 17.2 Å². The van der Waals surface area contributed by atoms with Gasteiger partial charge in [0.05, 0.1) is 31.7 Å². The number of nitrogens with two attached hydrogens (primary N) is 1. The number of benzene rings is 1. The molecular formula is C21H20FN7O3. The molecule has 2 aromatic heterocycles. The van der Waals surface area contributed by atoms with E-state index in [2.05, 4.69) is 21.1 Å². The molecule has 1 saturated heterocycles. The first-order chi connectivity index (χ1) is 15.5. The summed E-state index contributed by atoms with van der Waals surface area (Å²) < 4.78 is 25.1. The fourth-order valence-corrected chi connectivity index (χ4v) is 3.34. The zero-order valence-electron chi connectivity index (χ0n) is 17.3. The van der Waals surface area contributed by atoms with Crippen molar-refractivity contribution in [1.29, 1.82) is 5.26 Å². The van der Waals surface area contributed by atoms with Crippen LogP contribution in [0.5, 0.6) is 0 Å². The molecule has 11 heteroatoms. The third kappa shape index (κ3) is 3.95. The van der Waals surface area contributed by atoms with Crippen molar-refractivity contribution < 1.29 is 18.7 Å². The highest BCUT2D eigenvalue weighted by Crippen LogP contribution is 2.30. The average molecular weight is 437 g/mol. The first kappa shape index (κ1) is 21.2. The van der Waals surface area contributed by atoms with Crippen LogP contribution < -0.4 is 10.6 Å². The molecule has 0 atom stereocenters. The van der Waals surface area contributed by atoms with Gasteiger partial charge in [0.25, 0.3) is 5.95 Å². The maximum atomic E-state index is 13.5. The molecular weight excluding hydrogens is 417 g/mol. The Hall–Kier alpha value is -4.04. The summed E-state index contributed by atoms with van der Waals surface area (Å²) in [6.45, 7) is 3.88. The highest BCUT2D eigenvalue weighted by molar-refractivity contribution is 5.94. The number of carbonyl (C=O) groups is 1. The summed E-state index contributed by atoms with van der Waals surface area (Å²) in [5.74, 6) is -0.570. The normalized spacial score (nSPS) is 13.6. The lowest BCUT2D eigenvalue weighted by Crippen LogP contribution is -2.37. The number of hydrogen-bond acceptors (Lipinski definition) is 9. The van der Waals surface area contributed by atoms with Crippen LogP contribution in [0.4, 0.5) is 16.0 Å². The largest absolute Gasteiger partial charge is 0.462 e. The topological polar surface area (TPSA) is 132 Å². The Labute approximate surface area is 183 Å². The smallest absolute Gasteiger partial charge is 0.343 e. The van der Waals surface area contributed by atoms with Crippen LogP contribution >= 0.6 is 0 Å². The van der Waals surface area contributed by atoms with Crippen molar-refractivity contribution in [2.24, 2.45) is 0 Å². The Morgan fingerprint density at radius 1 is 1.28 bits per heavy atom. The average Bonchev–Trinajstić information content (AvgIpc) is 3.21. The van der Waals surface area contributed by atoms with Gasteiger partial charge >= 0.3 is 5.97 Å². The Bertz CT molecular complexity index is 1180. The minimum Gasteiger partial charge on any atom is -0.462 e. The molecule has 1 aromatic carbocycles. The summed E-state index contributed by atoms with van der Waals surface area (Å²) in [4.78, 5) is 23.1. The Balaban J connectivity index is 1.90. The van der Waals surface area contributed by atoms with Gasteiger partial charge in [-0.1, -0.05) is 0 Å². The highest BCUT2D eigenvalue weighted by atomic mass is 19.1. The van der Waals surface area contributed by atoms with Crippen molar-refractivity contribution in [2.45, 2.75) is 6.92 Å². The van der Waals surface area contributed by atoms with Crippen molar-refractivity contribution in [2.75, 3.05) is 43.5 Å². The lowest BCUT2D eigenvalue weighted by Gasteiger charge is -2.29. The van der Waals surface area contributed by atoms with Crippen molar-refractivity contribution in [3.8, 4) is 23.3 Å². The molecule has 32 heavy (non-hydrogen) atoms. The Kier molecular flexibility index (Phi) is 5.96. The lowest BCUT2D eigenvalue weighted by atomic mass is 10.1. The zero-order valence-corrected chi connectivity index (χ0v) is 17.3. The van der Waals surface area contributed by atoms with Crippen LogP contribution in [0, 0.1) is 17.1 Å². The third-order valence-electron chi connectivity index (χ3n) is 4.91. The van der Waals surface area contributed by atoms with Crippen molar-refractivity contribution in [3.63, 3.8) is 0 Å². The van der Waals surface area contributed by atoms with Crippen LogP contribution in [0.1, 0.15) is 22.8 Å². The fraction of sp³-hybridized carbons (Fsp3) is 0.286. The molecule has 2 N–H and O–H groups in total. The predicted octanol–water partition coefficient (Wildman–Crippen LogP) is 1.94. The molecule has 0 saturated carbocycles. The van der Waals surface area contributed by atoms with E-state index in [9.17, 15) is 14.4 Å². The van der Waals surface area contributed by atoms with E-state index in [1.54, 1.807) is 6.92 Å². The van der Waals surface area contributed by atoms with Gasteiger partial charge in [-0.2, -0.15) is 20.0 Å². The molecule has 4 rings (SSSR count). The van der Waals surface area contributed by atoms with E-state index in [0.717, 1.165) is 0 Å². The summed E-state index contributed by atoms with van der Waals surface area (Å²) in [6.07, 6.45) is 1.28. The first-order valence-electron chi connectivity index (χ1n) is 9.95. The van der Waals surface area contributed by atoms with Gasteiger partial charge in [0, 0.05) is 18.7 Å². The number of hydrogen-bond donors (Lipinski definition) is 1. The molecule has 1 aliphatic heterocycles. The summed E-state index contributed by atoms with van der Waals surface area (Å²) in [6, 6.07) is 7.80. The van der Waals surface area contributed by atoms with E-state index in [1.165, 1.54) is 35.1 Å². The number of carbonyl (C=O) groups excluding carboxylic acids is 1. The van der Waals surface area contributed by atoms with E-state index < -0.39 is 11.8 Å². The number of anilines is 2. The quantitative estimate of drug-likeness (QED) is 0.595. The molecule has 1 fully saturated rings. The Morgan fingerprint density at radius 3 is 2.66 bits per heavy atom. The summed E-state index contributed by atoms with van der Waals surface area (Å²) in [5.41, 5.74) is 7.28. The Morgan fingerprint density at radius 2 is 2.00 bits per heavy atom. The minimum absolute atomic E-state index is 0.00569. The standard InChI is InChI=1S/C21H20FN7O3/c1-2-32-20(30)16-12-25-29(18(16)24)21-26-17(13-3-5-14(22)6-4-13)15(11-23)19(27-21)28-7-9-31-10-8-28/h3-6,12H,2,7-10,24H2,1H3.